The fraction of sp³-hybridized carbons (Fsp3) is 0.278. The highest BCUT2D eigenvalue weighted by molar-refractivity contribution is 7.90. The summed E-state index contributed by atoms with van der Waals surface area (Å²) in [5.41, 5.74) is 2.00. The van der Waals surface area contributed by atoms with E-state index in [4.69, 9.17) is 5.14 Å². The molecule has 6 nitrogen and oxygen atoms in total. The van der Waals surface area contributed by atoms with Crippen LogP contribution in [-0.2, 0) is 16.8 Å². The second-order valence-electron chi connectivity index (χ2n) is 6.13. The Kier molecular flexibility index (Phi) is 6.30. The van der Waals surface area contributed by atoms with Crippen LogP contribution >= 0.6 is 0 Å². The molecule has 0 fully saturated rings. The highest BCUT2D eigenvalue weighted by Gasteiger charge is 2.16. The molecule has 0 aliphatic rings. The molecule has 0 aliphatic carbocycles. The van der Waals surface area contributed by atoms with Crippen molar-refractivity contribution in [3.05, 3.63) is 65.7 Å². The zero-order chi connectivity index (χ0) is 18.4. The third-order valence-corrected chi connectivity index (χ3v) is 4.29. The Morgan fingerprint density at radius 3 is 2.20 bits per heavy atom. The zero-order valence-corrected chi connectivity index (χ0v) is 15.2. The Morgan fingerprint density at radius 1 is 1.08 bits per heavy atom. The minimum atomic E-state index is -3.82. The van der Waals surface area contributed by atoms with Crippen molar-refractivity contribution in [1.29, 1.82) is 0 Å². The minimum Gasteiger partial charge on any atom is -0.293 e. The summed E-state index contributed by atoms with van der Waals surface area (Å²) in [4.78, 5) is 14.6. The highest BCUT2D eigenvalue weighted by atomic mass is 32.2. The molecule has 0 aromatic heterocycles. The van der Waals surface area contributed by atoms with E-state index in [-0.39, 0.29) is 18.4 Å². The van der Waals surface area contributed by atoms with Gasteiger partial charge in [0.2, 0.25) is 0 Å². The number of benzene rings is 2. The average molecular weight is 361 g/mol. The molecular weight excluding hydrogens is 338 g/mol. The molecule has 3 N–H and O–H groups in total. The number of carbonyl (C=O) groups is 1. The molecule has 2 aromatic rings. The third kappa shape index (κ3) is 6.30. The van der Waals surface area contributed by atoms with E-state index in [9.17, 15) is 13.2 Å². The van der Waals surface area contributed by atoms with E-state index >= 15 is 0 Å². The van der Waals surface area contributed by atoms with E-state index in [1.807, 2.05) is 30.3 Å². The summed E-state index contributed by atoms with van der Waals surface area (Å²) in [5.74, 6) is -0.0215. The number of nitrogens with one attached hydrogen (secondary N) is 1. The van der Waals surface area contributed by atoms with Crippen LogP contribution in [0.3, 0.4) is 0 Å². The van der Waals surface area contributed by atoms with Crippen LogP contribution in [-0.4, -0.2) is 31.7 Å². The molecule has 0 saturated heterocycles. The summed E-state index contributed by atoms with van der Waals surface area (Å²) in [6.07, 6.45) is 0. The molecular formula is C18H23N3O3S. The average Bonchev–Trinajstić information content (AvgIpc) is 2.54. The predicted molar refractivity (Wildman–Crippen MR) is 99.5 cm³/mol. The van der Waals surface area contributed by atoms with Crippen molar-refractivity contribution in [1.82, 2.24) is 4.90 Å². The molecule has 0 heterocycles. The Labute approximate surface area is 148 Å². The standard InChI is InChI=1S/C18H23N3O3S/c1-14(2)21(12-15-6-4-3-5-7-15)13-18(22)16-8-10-17(11-9-16)20-25(19,23)24/h3-11,14,20H,12-13H2,1-2H3,(H2,19,23,24). The normalized spacial score (nSPS) is 11.7. The summed E-state index contributed by atoms with van der Waals surface area (Å²) >= 11 is 0. The van der Waals surface area contributed by atoms with Crippen molar-refractivity contribution in [3.63, 3.8) is 0 Å². The number of Topliss-reactive ketones (excluding diaryl/α,β-unsaturated/α-hetero) is 1. The lowest BCUT2D eigenvalue weighted by atomic mass is 10.1. The summed E-state index contributed by atoms with van der Waals surface area (Å²) in [5, 5.41) is 4.93. The van der Waals surface area contributed by atoms with Crippen molar-refractivity contribution in [2.24, 2.45) is 5.14 Å². The molecule has 0 atom stereocenters. The van der Waals surface area contributed by atoms with Gasteiger partial charge in [-0.25, -0.2) is 5.14 Å². The minimum absolute atomic E-state index is 0.0215. The lowest BCUT2D eigenvalue weighted by Gasteiger charge is -2.25. The molecule has 0 unspecified atom stereocenters. The van der Waals surface area contributed by atoms with E-state index in [0.29, 0.717) is 17.8 Å². The smallest absolute Gasteiger partial charge is 0.293 e. The molecule has 134 valence electrons. The Morgan fingerprint density at radius 2 is 1.68 bits per heavy atom. The van der Waals surface area contributed by atoms with Crippen LogP contribution < -0.4 is 9.86 Å². The van der Waals surface area contributed by atoms with Gasteiger partial charge in [-0.1, -0.05) is 30.3 Å². The van der Waals surface area contributed by atoms with Gasteiger partial charge in [0.25, 0.3) is 10.2 Å². The molecule has 0 aliphatic heterocycles. The SMILES string of the molecule is CC(C)N(CC(=O)c1ccc(NS(N)(=O)=O)cc1)Cc1ccccc1. The van der Waals surface area contributed by atoms with Gasteiger partial charge >= 0.3 is 0 Å². The molecule has 2 aromatic carbocycles. The molecule has 0 amide bonds. The lowest BCUT2D eigenvalue weighted by Crippen LogP contribution is -2.35. The molecule has 25 heavy (non-hydrogen) atoms. The van der Waals surface area contributed by atoms with Crippen molar-refractivity contribution < 1.29 is 13.2 Å². The Balaban J connectivity index is 2.05. The Hall–Kier alpha value is -2.22. The van der Waals surface area contributed by atoms with E-state index < -0.39 is 10.2 Å². The molecule has 0 bridgehead atoms. The van der Waals surface area contributed by atoms with E-state index in [2.05, 4.69) is 23.5 Å². The fourth-order valence-corrected chi connectivity index (χ4v) is 2.87. The van der Waals surface area contributed by atoms with Crippen molar-refractivity contribution in [2.75, 3.05) is 11.3 Å². The van der Waals surface area contributed by atoms with Crippen LogP contribution in [0.5, 0.6) is 0 Å². The van der Waals surface area contributed by atoms with Crippen molar-refractivity contribution >= 4 is 21.7 Å². The predicted octanol–water partition coefficient (Wildman–Crippen LogP) is 2.40. The van der Waals surface area contributed by atoms with Gasteiger partial charge in [-0.3, -0.25) is 14.4 Å². The highest BCUT2D eigenvalue weighted by Crippen LogP contribution is 2.13. The first-order valence-electron chi connectivity index (χ1n) is 7.96. The number of nitrogens with two attached hydrogens (primary N) is 1. The Bertz CT molecular complexity index is 803. The molecule has 0 saturated carbocycles. The van der Waals surface area contributed by atoms with Crippen LogP contribution in [0.4, 0.5) is 5.69 Å². The molecule has 0 radical (unpaired) electrons. The maximum Gasteiger partial charge on any atom is 0.296 e. The second kappa shape index (κ2) is 8.24. The van der Waals surface area contributed by atoms with Crippen LogP contribution in [0.15, 0.2) is 54.6 Å². The second-order valence-corrected chi connectivity index (χ2v) is 7.43. The van der Waals surface area contributed by atoms with Gasteiger partial charge in [0.05, 0.1) is 6.54 Å². The van der Waals surface area contributed by atoms with Crippen LogP contribution in [0.2, 0.25) is 0 Å². The van der Waals surface area contributed by atoms with Crippen LogP contribution in [0.1, 0.15) is 29.8 Å². The maximum absolute atomic E-state index is 12.5. The number of carbonyl (C=O) groups excluding carboxylic acids is 1. The summed E-state index contributed by atoms with van der Waals surface area (Å²) in [6.45, 7) is 5.08. The quantitative estimate of drug-likeness (QED) is 0.706. The number of rotatable bonds is 8. The molecule has 2 rings (SSSR count). The maximum atomic E-state index is 12.5. The van der Waals surface area contributed by atoms with Gasteiger partial charge in [0, 0.05) is 23.8 Å². The number of ketones is 1. The van der Waals surface area contributed by atoms with Gasteiger partial charge in [0.1, 0.15) is 0 Å². The van der Waals surface area contributed by atoms with Crippen LogP contribution in [0.25, 0.3) is 0 Å². The topological polar surface area (TPSA) is 92.5 Å². The summed E-state index contributed by atoms with van der Waals surface area (Å²) < 4.78 is 24.2. The first-order chi connectivity index (χ1) is 11.7. The van der Waals surface area contributed by atoms with Gasteiger partial charge in [-0.2, -0.15) is 8.42 Å². The van der Waals surface area contributed by atoms with Gasteiger partial charge < -0.3 is 0 Å². The van der Waals surface area contributed by atoms with Crippen LogP contribution in [0, 0.1) is 0 Å². The van der Waals surface area contributed by atoms with Gasteiger partial charge in [0.15, 0.2) is 5.78 Å². The number of hydrogen-bond acceptors (Lipinski definition) is 4. The van der Waals surface area contributed by atoms with E-state index in [0.717, 1.165) is 5.56 Å². The van der Waals surface area contributed by atoms with E-state index in [1.54, 1.807) is 12.1 Å². The van der Waals surface area contributed by atoms with Crippen molar-refractivity contribution in [3.8, 4) is 0 Å². The van der Waals surface area contributed by atoms with Gasteiger partial charge in [-0.15, -0.1) is 0 Å². The molecule has 7 heteroatoms. The first kappa shape index (κ1) is 19.1. The summed E-state index contributed by atoms with van der Waals surface area (Å²) in [7, 11) is -3.82. The fourth-order valence-electron chi connectivity index (χ4n) is 2.40. The van der Waals surface area contributed by atoms with Gasteiger partial charge in [-0.05, 0) is 43.7 Å². The monoisotopic (exact) mass is 361 g/mol. The summed E-state index contributed by atoms with van der Waals surface area (Å²) in [6, 6.07) is 16.4. The van der Waals surface area contributed by atoms with Crippen molar-refractivity contribution in [2.45, 2.75) is 26.4 Å². The first-order valence-corrected chi connectivity index (χ1v) is 9.51. The lowest BCUT2D eigenvalue weighted by molar-refractivity contribution is 0.0898. The number of anilines is 1. The third-order valence-electron chi connectivity index (χ3n) is 3.77. The zero-order valence-electron chi connectivity index (χ0n) is 14.3. The number of nitrogens with zero attached hydrogens (tertiary/aromatic N) is 1. The largest absolute Gasteiger partial charge is 0.296 e. The van der Waals surface area contributed by atoms with E-state index in [1.165, 1.54) is 12.1 Å². The molecule has 0 spiro atoms. The number of hydrogen-bond donors (Lipinski definition) is 2.